The molecule has 45 heavy (non-hydrogen) atoms. The number of hydrogen-bond donors (Lipinski definition) is 0. The molecule has 0 fully saturated rings. The number of hydrogen-bond acceptors (Lipinski definition) is 1. The van der Waals surface area contributed by atoms with Crippen LogP contribution in [0.15, 0.2) is 174 Å². The second kappa shape index (κ2) is 10.4. The van der Waals surface area contributed by atoms with Crippen molar-refractivity contribution in [2.24, 2.45) is 0 Å². The van der Waals surface area contributed by atoms with Crippen LogP contribution in [0.25, 0.3) is 88.0 Å². The van der Waals surface area contributed by atoms with Gasteiger partial charge < -0.3 is 4.42 Å². The Morgan fingerprint density at radius 1 is 0.378 bits per heavy atom. The summed E-state index contributed by atoms with van der Waals surface area (Å²) >= 11 is 0. The molecule has 0 N–H and O–H groups in total. The Labute approximate surface area is 274 Å². The monoisotopic (exact) mass is 581 g/mol. The first-order valence-electron chi connectivity index (χ1n) is 19.2. The molecule has 0 unspecified atom stereocenters. The van der Waals surface area contributed by atoms with Gasteiger partial charge in [-0.1, -0.05) is 164 Å². The lowest BCUT2D eigenvalue weighted by Gasteiger charge is -2.18. The van der Waals surface area contributed by atoms with Crippen molar-refractivity contribution in [3.8, 4) is 44.5 Å². The minimum atomic E-state index is -0.452. The van der Waals surface area contributed by atoms with Crippen LogP contribution in [-0.2, 0) is 0 Å². The molecule has 0 saturated carbocycles. The first-order valence-corrected chi connectivity index (χ1v) is 14.7. The van der Waals surface area contributed by atoms with Crippen LogP contribution in [-0.4, -0.2) is 0 Å². The summed E-state index contributed by atoms with van der Waals surface area (Å²) in [5.41, 5.74) is 6.69. The molecular weight excluding hydrogens is 544 g/mol. The van der Waals surface area contributed by atoms with E-state index in [-0.39, 0.29) is 41.8 Å². The average molecular weight is 582 g/mol. The molecule has 0 atom stereocenters. The van der Waals surface area contributed by atoms with Crippen molar-refractivity contribution in [1.82, 2.24) is 0 Å². The highest BCUT2D eigenvalue weighted by Crippen LogP contribution is 2.45. The molecule has 1 heteroatoms. The molecule has 0 amide bonds. The number of benzene rings is 8. The van der Waals surface area contributed by atoms with E-state index in [1.807, 2.05) is 78.9 Å². The largest absolute Gasteiger partial charge is 0.455 e. The normalized spacial score (nSPS) is 14.4. The lowest BCUT2D eigenvalue weighted by molar-refractivity contribution is 0.670. The van der Waals surface area contributed by atoms with Crippen molar-refractivity contribution in [2.45, 2.75) is 0 Å². The summed E-state index contributed by atoms with van der Waals surface area (Å²) in [6, 6.07) is 34.4. The van der Waals surface area contributed by atoms with Gasteiger partial charge in [0.05, 0.1) is 12.3 Å². The van der Waals surface area contributed by atoms with Crippen LogP contribution in [0.4, 0.5) is 0 Å². The molecule has 0 radical (unpaired) electrons. The predicted molar refractivity (Wildman–Crippen MR) is 190 cm³/mol. The lowest BCUT2D eigenvalue weighted by atomic mass is 9.85. The van der Waals surface area contributed by atoms with E-state index in [0.29, 0.717) is 16.7 Å². The minimum absolute atomic E-state index is 0.0797. The second-order valence-corrected chi connectivity index (χ2v) is 11.0. The maximum absolute atomic E-state index is 8.61. The van der Waals surface area contributed by atoms with Crippen molar-refractivity contribution < 1.29 is 16.8 Å². The SMILES string of the molecule is [2H]c1cc2c(-c3ccccc3)c3cc([2H])c([2H])cc3c(-c3ccc(-c4cccc5oc6c(-c7c([2H])c([2H])c([2H])c([2H])c7[2H])cccc6c45)cc3)c2cc1[2H]. The van der Waals surface area contributed by atoms with Crippen molar-refractivity contribution >= 4 is 43.5 Å². The van der Waals surface area contributed by atoms with E-state index in [0.717, 1.165) is 65.7 Å². The van der Waals surface area contributed by atoms with Gasteiger partial charge in [-0.3, -0.25) is 0 Å². The Kier molecular flexibility index (Phi) is 4.15. The van der Waals surface area contributed by atoms with Gasteiger partial charge in [-0.05, 0) is 66.6 Å². The molecule has 0 bridgehead atoms. The molecule has 0 saturated heterocycles. The van der Waals surface area contributed by atoms with Gasteiger partial charge in [0.25, 0.3) is 0 Å². The number of para-hydroxylation sites is 1. The smallest absolute Gasteiger partial charge is 0.143 e. The molecule has 210 valence electrons. The average Bonchev–Trinajstić information content (AvgIpc) is 3.57. The Morgan fingerprint density at radius 3 is 1.58 bits per heavy atom. The second-order valence-electron chi connectivity index (χ2n) is 11.0. The number of fused-ring (bicyclic) bond motifs is 5. The van der Waals surface area contributed by atoms with Gasteiger partial charge in [-0.2, -0.15) is 0 Å². The molecule has 0 aliphatic rings. The fourth-order valence-corrected chi connectivity index (χ4v) is 6.60. The summed E-state index contributed by atoms with van der Waals surface area (Å²) in [7, 11) is 0. The van der Waals surface area contributed by atoms with E-state index in [1.165, 1.54) is 0 Å². The van der Waals surface area contributed by atoms with E-state index >= 15 is 0 Å². The summed E-state index contributed by atoms with van der Waals surface area (Å²) in [6.45, 7) is 0. The van der Waals surface area contributed by atoms with Crippen LogP contribution in [0.2, 0.25) is 0 Å². The lowest BCUT2D eigenvalue weighted by Crippen LogP contribution is -1.90. The van der Waals surface area contributed by atoms with Crippen LogP contribution in [0, 0.1) is 0 Å². The number of rotatable bonds is 4. The summed E-state index contributed by atoms with van der Waals surface area (Å²) in [4.78, 5) is 0. The van der Waals surface area contributed by atoms with E-state index in [1.54, 1.807) is 36.4 Å². The highest BCUT2D eigenvalue weighted by Gasteiger charge is 2.18. The molecule has 0 aliphatic carbocycles. The zero-order valence-corrected chi connectivity index (χ0v) is 23.9. The third kappa shape index (κ3) is 4.09. The van der Waals surface area contributed by atoms with Crippen LogP contribution in [0.3, 0.4) is 0 Å². The van der Waals surface area contributed by atoms with E-state index in [9.17, 15) is 0 Å². The standard InChI is InChI=1S/C44H28O/c1-3-13-29(14-4-1)34-22-11-23-39-43-33(21-12-24-40(43)45-44(34)39)30-25-27-32(28-26-30)42-37-19-9-7-17-35(37)41(31-15-5-2-6-16-31)36-18-8-10-20-38(36)42/h1-28H/i1D,3D,4D,7D,8D,9D,10D,13D,14D. The Bertz CT molecular complexity index is 2930. The molecule has 0 spiro atoms. The molecular formula is C44H28O. The maximum Gasteiger partial charge on any atom is 0.143 e. The van der Waals surface area contributed by atoms with Crippen molar-refractivity contribution in [2.75, 3.05) is 0 Å². The topological polar surface area (TPSA) is 13.1 Å². The highest BCUT2D eigenvalue weighted by molar-refractivity contribution is 6.21. The van der Waals surface area contributed by atoms with Crippen LogP contribution in [0.1, 0.15) is 12.3 Å². The fourth-order valence-electron chi connectivity index (χ4n) is 6.60. The molecule has 0 aliphatic heterocycles. The quantitative estimate of drug-likeness (QED) is 0.188. The Hall–Kier alpha value is -5.92. The van der Waals surface area contributed by atoms with E-state index in [2.05, 4.69) is 0 Å². The number of furan rings is 1. The zero-order valence-electron chi connectivity index (χ0n) is 32.9. The third-order valence-electron chi connectivity index (χ3n) is 8.53. The zero-order chi connectivity index (χ0) is 37.6. The van der Waals surface area contributed by atoms with Gasteiger partial charge in [0.1, 0.15) is 11.2 Å². The summed E-state index contributed by atoms with van der Waals surface area (Å²) in [5, 5.41) is 4.68. The first kappa shape index (κ1) is 18.0. The van der Waals surface area contributed by atoms with Crippen LogP contribution < -0.4 is 0 Å². The first-order chi connectivity index (χ1) is 26.0. The molecule has 9 aromatic rings. The maximum atomic E-state index is 8.61. The third-order valence-corrected chi connectivity index (χ3v) is 8.53. The van der Waals surface area contributed by atoms with Gasteiger partial charge in [-0.15, -0.1) is 0 Å². The van der Waals surface area contributed by atoms with Gasteiger partial charge in [0.15, 0.2) is 0 Å². The predicted octanol–water partition coefficient (Wildman–Crippen LogP) is 12.6. The summed E-state index contributed by atoms with van der Waals surface area (Å²) < 4.78 is 82.4. The van der Waals surface area contributed by atoms with Crippen LogP contribution >= 0.6 is 0 Å². The molecule has 1 nitrogen and oxygen atoms in total. The Balaban J connectivity index is 1.26. The van der Waals surface area contributed by atoms with Crippen molar-refractivity contribution in [1.29, 1.82) is 0 Å². The molecule has 9 rings (SSSR count). The fraction of sp³-hybridized carbons (Fsp3) is 0. The Morgan fingerprint density at radius 2 is 0.933 bits per heavy atom. The minimum Gasteiger partial charge on any atom is -0.455 e. The van der Waals surface area contributed by atoms with Crippen LogP contribution in [0.5, 0.6) is 0 Å². The molecule has 1 heterocycles. The summed E-state index contributed by atoms with van der Waals surface area (Å²) in [5.74, 6) is 0. The van der Waals surface area contributed by atoms with Crippen molar-refractivity contribution in [3.63, 3.8) is 0 Å². The van der Waals surface area contributed by atoms with E-state index < -0.39 is 18.1 Å². The molecule has 1 aromatic heterocycles. The van der Waals surface area contributed by atoms with E-state index in [4.69, 9.17) is 16.8 Å². The van der Waals surface area contributed by atoms with Gasteiger partial charge >= 0.3 is 0 Å². The summed E-state index contributed by atoms with van der Waals surface area (Å²) in [6.07, 6.45) is 0. The molecule has 8 aromatic carbocycles. The van der Waals surface area contributed by atoms with Crippen molar-refractivity contribution in [3.05, 3.63) is 170 Å². The van der Waals surface area contributed by atoms with Gasteiger partial charge in [0.2, 0.25) is 0 Å². The highest BCUT2D eigenvalue weighted by atomic mass is 16.3. The van der Waals surface area contributed by atoms with Gasteiger partial charge in [-0.25, -0.2) is 0 Å². The van der Waals surface area contributed by atoms with Gasteiger partial charge in [0, 0.05) is 16.3 Å².